The van der Waals surface area contributed by atoms with Gasteiger partial charge in [0.05, 0.1) is 17.2 Å². The second-order valence-corrected chi connectivity index (χ2v) is 5.77. The van der Waals surface area contributed by atoms with Crippen LogP contribution in [0.1, 0.15) is 23.8 Å². The maximum absolute atomic E-state index is 10.6. The van der Waals surface area contributed by atoms with Crippen molar-refractivity contribution in [3.05, 3.63) is 45.8 Å². The van der Waals surface area contributed by atoms with E-state index in [2.05, 4.69) is 20.2 Å². The fraction of sp³-hybridized carbons (Fsp3) is 0.467. The van der Waals surface area contributed by atoms with E-state index in [9.17, 15) is 10.1 Å². The highest BCUT2D eigenvalue weighted by molar-refractivity contribution is 5.41. The zero-order chi connectivity index (χ0) is 16.4. The first kappa shape index (κ1) is 15.4. The lowest BCUT2D eigenvalue weighted by atomic mass is 10.2. The monoisotopic (exact) mass is 317 g/mol. The molecule has 8 heteroatoms. The topological polar surface area (TPSA) is 97.3 Å². The molecule has 1 N–H and O–H groups in total. The van der Waals surface area contributed by atoms with Crippen molar-refractivity contribution in [1.29, 1.82) is 0 Å². The molecule has 8 nitrogen and oxygen atoms in total. The number of nitrogens with one attached hydrogen (secondary N) is 1. The van der Waals surface area contributed by atoms with Crippen molar-refractivity contribution in [2.24, 2.45) is 0 Å². The summed E-state index contributed by atoms with van der Waals surface area (Å²) in [7, 11) is 0. The van der Waals surface area contributed by atoms with E-state index < -0.39 is 4.92 Å². The number of hydrogen-bond acceptors (Lipinski definition) is 7. The summed E-state index contributed by atoms with van der Waals surface area (Å²) in [5, 5.41) is 13.9. The number of oxazole rings is 1. The van der Waals surface area contributed by atoms with Gasteiger partial charge in [-0.15, -0.1) is 0 Å². The highest BCUT2D eigenvalue weighted by atomic mass is 16.6. The molecule has 0 unspecified atom stereocenters. The molecule has 3 heterocycles. The van der Waals surface area contributed by atoms with Gasteiger partial charge in [0.25, 0.3) is 5.69 Å². The molecule has 0 spiro atoms. The maximum atomic E-state index is 10.6. The Kier molecular flexibility index (Phi) is 4.24. The second-order valence-electron chi connectivity index (χ2n) is 5.77. The number of pyridine rings is 1. The Bertz CT molecular complexity index is 678. The highest BCUT2D eigenvalue weighted by Crippen LogP contribution is 2.19. The molecule has 3 rings (SSSR count). The third kappa shape index (κ3) is 3.65. The Hall–Kier alpha value is -2.48. The minimum absolute atomic E-state index is 0.00164. The third-order valence-electron chi connectivity index (χ3n) is 4.01. The molecule has 0 bridgehead atoms. The van der Waals surface area contributed by atoms with Crippen LogP contribution < -0.4 is 5.32 Å². The van der Waals surface area contributed by atoms with Gasteiger partial charge >= 0.3 is 0 Å². The molecule has 1 fully saturated rings. The first-order valence-corrected chi connectivity index (χ1v) is 7.53. The number of nitrogens with zero attached hydrogens (tertiary/aromatic N) is 4. The van der Waals surface area contributed by atoms with Gasteiger partial charge in [-0.05, 0) is 26.3 Å². The van der Waals surface area contributed by atoms with E-state index in [0.717, 1.165) is 36.9 Å². The molecule has 122 valence electrons. The van der Waals surface area contributed by atoms with Crippen LogP contribution in [0.3, 0.4) is 0 Å². The zero-order valence-electron chi connectivity index (χ0n) is 13.2. The van der Waals surface area contributed by atoms with Crippen molar-refractivity contribution < 1.29 is 9.34 Å². The number of hydrogen-bond donors (Lipinski definition) is 1. The van der Waals surface area contributed by atoms with Crippen molar-refractivity contribution in [2.75, 3.05) is 18.4 Å². The summed E-state index contributed by atoms with van der Waals surface area (Å²) in [5.41, 5.74) is 0.933. The minimum atomic E-state index is -0.450. The summed E-state index contributed by atoms with van der Waals surface area (Å²) in [5.74, 6) is 2.27. The summed E-state index contributed by atoms with van der Waals surface area (Å²) in [6, 6.07) is 3.36. The zero-order valence-corrected chi connectivity index (χ0v) is 13.2. The summed E-state index contributed by atoms with van der Waals surface area (Å²) in [4.78, 5) is 20.9. The van der Waals surface area contributed by atoms with Crippen molar-refractivity contribution in [3.8, 4) is 0 Å². The predicted octanol–water partition coefficient (Wildman–Crippen LogP) is 2.28. The normalized spacial score (nSPS) is 18.3. The van der Waals surface area contributed by atoms with Gasteiger partial charge in [-0.2, -0.15) is 0 Å². The molecular formula is C15H19N5O3. The molecule has 1 saturated heterocycles. The molecule has 0 saturated carbocycles. The van der Waals surface area contributed by atoms with Crippen molar-refractivity contribution in [3.63, 3.8) is 0 Å². The summed E-state index contributed by atoms with van der Waals surface area (Å²) < 4.78 is 5.62. The Balaban J connectivity index is 1.54. The molecule has 23 heavy (non-hydrogen) atoms. The van der Waals surface area contributed by atoms with Crippen LogP contribution in [0.4, 0.5) is 11.5 Å². The van der Waals surface area contributed by atoms with E-state index in [-0.39, 0.29) is 11.7 Å². The van der Waals surface area contributed by atoms with Crippen LogP contribution in [-0.4, -0.2) is 38.9 Å². The fourth-order valence-electron chi connectivity index (χ4n) is 2.68. The van der Waals surface area contributed by atoms with Gasteiger partial charge in [0.15, 0.2) is 0 Å². The van der Waals surface area contributed by atoms with Gasteiger partial charge in [0.2, 0.25) is 5.89 Å². The number of anilines is 1. The Labute approximate surface area is 133 Å². The lowest BCUT2D eigenvalue weighted by molar-refractivity contribution is -0.385. The first-order valence-electron chi connectivity index (χ1n) is 7.53. The van der Waals surface area contributed by atoms with Crippen LogP contribution in [0, 0.1) is 24.0 Å². The van der Waals surface area contributed by atoms with Gasteiger partial charge in [-0.3, -0.25) is 15.0 Å². The van der Waals surface area contributed by atoms with Crippen LogP contribution in [0.15, 0.2) is 22.7 Å². The molecule has 0 amide bonds. The molecule has 2 aromatic heterocycles. The van der Waals surface area contributed by atoms with Gasteiger partial charge in [-0.1, -0.05) is 0 Å². The second kappa shape index (κ2) is 6.33. The molecule has 0 aliphatic carbocycles. The predicted molar refractivity (Wildman–Crippen MR) is 84.2 cm³/mol. The molecule has 0 radical (unpaired) electrons. The Morgan fingerprint density at radius 3 is 2.91 bits per heavy atom. The Morgan fingerprint density at radius 1 is 1.48 bits per heavy atom. The molecule has 1 aliphatic heterocycles. The molecule has 2 aromatic rings. The van der Waals surface area contributed by atoms with Gasteiger partial charge < -0.3 is 9.73 Å². The molecular weight excluding hydrogens is 298 g/mol. The lowest BCUT2D eigenvalue weighted by Crippen LogP contribution is -2.26. The smallest absolute Gasteiger partial charge is 0.287 e. The van der Waals surface area contributed by atoms with Crippen LogP contribution in [0.2, 0.25) is 0 Å². The maximum Gasteiger partial charge on any atom is 0.287 e. The average molecular weight is 317 g/mol. The number of likely N-dealkylation sites (tertiary alicyclic amines) is 1. The Morgan fingerprint density at radius 2 is 2.30 bits per heavy atom. The average Bonchev–Trinajstić information content (AvgIpc) is 3.07. The molecule has 1 aliphatic rings. The van der Waals surface area contributed by atoms with E-state index in [4.69, 9.17) is 4.42 Å². The van der Waals surface area contributed by atoms with Crippen molar-refractivity contribution in [1.82, 2.24) is 14.9 Å². The largest absolute Gasteiger partial charge is 0.444 e. The highest BCUT2D eigenvalue weighted by Gasteiger charge is 2.24. The quantitative estimate of drug-likeness (QED) is 0.667. The summed E-state index contributed by atoms with van der Waals surface area (Å²) >= 11 is 0. The minimum Gasteiger partial charge on any atom is -0.444 e. The number of rotatable bonds is 5. The van der Waals surface area contributed by atoms with Crippen LogP contribution in [-0.2, 0) is 6.54 Å². The number of aromatic nitrogens is 2. The van der Waals surface area contributed by atoms with Gasteiger partial charge in [-0.25, -0.2) is 9.97 Å². The van der Waals surface area contributed by atoms with E-state index in [0.29, 0.717) is 12.4 Å². The first-order chi connectivity index (χ1) is 11.0. The molecule has 1 atom stereocenters. The summed E-state index contributed by atoms with van der Waals surface area (Å²) in [6.07, 6.45) is 2.25. The third-order valence-corrected chi connectivity index (χ3v) is 4.01. The number of nitro groups is 1. The van der Waals surface area contributed by atoms with Crippen LogP contribution in [0.25, 0.3) is 0 Å². The fourth-order valence-corrected chi connectivity index (χ4v) is 2.68. The SMILES string of the molecule is Cc1nc(CN2CC[C@@H](Nc3ccc([N+](=O)[O-])cn3)C2)oc1C. The van der Waals surface area contributed by atoms with Crippen LogP contribution in [0.5, 0.6) is 0 Å². The standard InChI is InChI=1S/C15H19N5O3/c1-10-11(2)23-15(17-10)9-19-6-5-12(8-19)18-14-4-3-13(7-16-14)20(21)22/h3-4,7,12H,5-6,8-9H2,1-2H3,(H,16,18)/t12-/m1/s1. The van der Waals surface area contributed by atoms with Gasteiger partial charge in [0, 0.05) is 25.2 Å². The van der Waals surface area contributed by atoms with E-state index in [1.165, 1.54) is 12.3 Å². The van der Waals surface area contributed by atoms with Crippen molar-refractivity contribution >= 4 is 11.5 Å². The van der Waals surface area contributed by atoms with E-state index in [1.807, 2.05) is 13.8 Å². The van der Waals surface area contributed by atoms with Crippen molar-refractivity contribution in [2.45, 2.75) is 32.9 Å². The molecule has 0 aromatic carbocycles. The summed E-state index contributed by atoms with van der Waals surface area (Å²) in [6.45, 7) is 6.36. The van der Waals surface area contributed by atoms with Crippen LogP contribution >= 0.6 is 0 Å². The van der Waals surface area contributed by atoms with E-state index >= 15 is 0 Å². The van der Waals surface area contributed by atoms with Gasteiger partial charge in [0.1, 0.15) is 17.8 Å². The lowest BCUT2D eigenvalue weighted by Gasteiger charge is -2.15. The van der Waals surface area contributed by atoms with E-state index in [1.54, 1.807) is 6.07 Å². The number of aryl methyl sites for hydroxylation is 2.